The predicted molar refractivity (Wildman–Crippen MR) is 66.0 cm³/mol. The molecule has 0 spiro atoms. The van der Waals surface area contributed by atoms with Crippen LogP contribution in [0.25, 0.3) is 0 Å². The van der Waals surface area contributed by atoms with Crippen molar-refractivity contribution in [3.8, 4) is 0 Å². The van der Waals surface area contributed by atoms with Crippen LogP contribution in [0.3, 0.4) is 0 Å². The first-order valence-electron chi connectivity index (χ1n) is 7.22. The molecule has 0 saturated carbocycles. The Morgan fingerprint density at radius 3 is 2.62 bits per heavy atom. The van der Waals surface area contributed by atoms with Crippen LogP contribution in [0.15, 0.2) is 0 Å². The highest BCUT2D eigenvalue weighted by molar-refractivity contribution is 5.73. The van der Waals surface area contributed by atoms with Gasteiger partial charge in [-0.05, 0) is 13.3 Å². The number of carbonyl (C=O) groups is 1. The zero-order valence-corrected chi connectivity index (χ0v) is 12.0. The number of ether oxygens (including phenoxy) is 6. The fraction of sp³-hybridized carbons (Fsp3) is 0.923. The summed E-state index contributed by atoms with van der Waals surface area (Å²) < 4.78 is 32.5. The average molecular weight is 304 g/mol. The van der Waals surface area contributed by atoms with E-state index in [0.29, 0.717) is 13.0 Å². The van der Waals surface area contributed by atoms with Crippen LogP contribution >= 0.6 is 0 Å². The van der Waals surface area contributed by atoms with Crippen molar-refractivity contribution in [2.24, 2.45) is 0 Å². The zero-order chi connectivity index (χ0) is 15.0. The van der Waals surface area contributed by atoms with E-state index < -0.39 is 43.0 Å². The molecule has 3 aliphatic rings. The van der Waals surface area contributed by atoms with E-state index in [0.717, 1.165) is 0 Å². The third-order valence-electron chi connectivity index (χ3n) is 3.74. The average Bonchev–Trinajstić information content (AvgIpc) is 2.93. The highest BCUT2D eigenvalue weighted by Gasteiger charge is 2.56. The molecular formula is C13H20O8. The van der Waals surface area contributed by atoms with Gasteiger partial charge in [0.2, 0.25) is 0 Å². The van der Waals surface area contributed by atoms with Crippen molar-refractivity contribution in [2.75, 3.05) is 13.2 Å². The Balaban J connectivity index is 1.72. The van der Waals surface area contributed by atoms with E-state index in [1.54, 1.807) is 6.92 Å². The van der Waals surface area contributed by atoms with Crippen LogP contribution in [0.5, 0.6) is 0 Å². The molecule has 3 heterocycles. The molecule has 0 aromatic heterocycles. The highest BCUT2D eigenvalue weighted by Crippen LogP contribution is 2.36. The van der Waals surface area contributed by atoms with Gasteiger partial charge in [-0.3, -0.25) is 0 Å². The van der Waals surface area contributed by atoms with Gasteiger partial charge in [-0.1, -0.05) is 6.92 Å². The molecule has 3 aliphatic heterocycles. The summed E-state index contributed by atoms with van der Waals surface area (Å²) in [6.07, 6.45) is -4.29. The summed E-state index contributed by atoms with van der Waals surface area (Å²) in [4.78, 5) is 11.7. The molecule has 120 valence electrons. The summed E-state index contributed by atoms with van der Waals surface area (Å²) in [5.41, 5.74) is 0. The zero-order valence-electron chi connectivity index (χ0n) is 12.0. The molecular weight excluding hydrogens is 284 g/mol. The van der Waals surface area contributed by atoms with Gasteiger partial charge >= 0.3 is 5.97 Å². The van der Waals surface area contributed by atoms with Crippen LogP contribution in [-0.2, 0) is 33.2 Å². The van der Waals surface area contributed by atoms with Gasteiger partial charge in [0.15, 0.2) is 12.6 Å². The van der Waals surface area contributed by atoms with E-state index >= 15 is 0 Å². The van der Waals surface area contributed by atoms with Gasteiger partial charge in [0, 0.05) is 0 Å². The first-order valence-corrected chi connectivity index (χ1v) is 7.22. The van der Waals surface area contributed by atoms with Gasteiger partial charge in [0.25, 0.3) is 6.29 Å². The van der Waals surface area contributed by atoms with E-state index in [2.05, 4.69) is 0 Å². The number of carbonyl (C=O) groups excluding carboxylic acids is 1. The molecule has 3 saturated heterocycles. The Kier molecular flexibility index (Phi) is 4.43. The lowest BCUT2D eigenvalue weighted by Gasteiger charge is -2.44. The largest absolute Gasteiger partial charge is 0.462 e. The minimum absolute atomic E-state index is 0.227. The van der Waals surface area contributed by atoms with Crippen LogP contribution in [0.2, 0.25) is 0 Å². The smallest absolute Gasteiger partial charge is 0.363 e. The molecule has 3 rings (SSSR count). The van der Waals surface area contributed by atoms with Gasteiger partial charge in [-0.15, -0.1) is 0 Å². The molecule has 8 heteroatoms. The van der Waals surface area contributed by atoms with Crippen LogP contribution < -0.4 is 0 Å². The molecule has 7 atom stereocenters. The van der Waals surface area contributed by atoms with E-state index in [1.807, 2.05) is 6.92 Å². The highest BCUT2D eigenvalue weighted by atomic mass is 16.8. The first-order chi connectivity index (χ1) is 10.1. The van der Waals surface area contributed by atoms with Crippen molar-refractivity contribution in [3.05, 3.63) is 0 Å². The third kappa shape index (κ3) is 2.79. The Morgan fingerprint density at radius 2 is 1.90 bits per heavy atom. The van der Waals surface area contributed by atoms with Crippen LogP contribution in [-0.4, -0.2) is 67.6 Å². The van der Waals surface area contributed by atoms with Gasteiger partial charge in [-0.25, -0.2) is 4.79 Å². The Labute approximate surface area is 122 Å². The summed E-state index contributed by atoms with van der Waals surface area (Å²) in [5.74, 6) is -0.616. The number of hydrogen-bond donors (Lipinski definition) is 1. The fourth-order valence-electron chi connectivity index (χ4n) is 2.76. The van der Waals surface area contributed by atoms with Crippen LogP contribution in [0.4, 0.5) is 0 Å². The molecule has 0 bridgehead atoms. The maximum Gasteiger partial charge on any atom is 0.363 e. The molecule has 7 unspecified atom stereocenters. The van der Waals surface area contributed by atoms with Crippen molar-refractivity contribution in [1.29, 1.82) is 0 Å². The van der Waals surface area contributed by atoms with Crippen molar-refractivity contribution < 1.29 is 38.3 Å². The SMILES string of the molecule is CCOC(=O)C1OC2C(O)OC3COC(CC)OC3C2O1. The number of aliphatic hydroxyl groups excluding tert-OH is 1. The Bertz CT molecular complexity index is 388. The second-order valence-corrected chi connectivity index (χ2v) is 5.12. The minimum atomic E-state index is -1.19. The monoisotopic (exact) mass is 304 g/mol. The van der Waals surface area contributed by atoms with E-state index in [1.165, 1.54) is 0 Å². The van der Waals surface area contributed by atoms with Gasteiger partial charge in [0.1, 0.15) is 24.4 Å². The van der Waals surface area contributed by atoms with Crippen LogP contribution in [0, 0.1) is 0 Å². The molecule has 8 nitrogen and oxygen atoms in total. The van der Waals surface area contributed by atoms with Crippen LogP contribution in [0.1, 0.15) is 20.3 Å². The number of rotatable bonds is 3. The van der Waals surface area contributed by atoms with Gasteiger partial charge in [-0.2, -0.15) is 0 Å². The number of aliphatic hydroxyl groups is 1. The van der Waals surface area contributed by atoms with E-state index in [4.69, 9.17) is 28.4 Å². The molecule has 1 N–H and O–H groups in total. The molecule has 0 radical (unpaired) electrons. The molecule has 21 heavy (non-hydrogen) atoms. The van der Waals surface area contributed by atoms with Crippen molar-refractivity contribution in [1.82, 2.24) is 0 Å². The number of hydrogen-bond acceptors (Lipinski definition) is 8. The van der Waals surface area contributed by atoms with E-state index in [-0.39, 0.29) is 12.9 Å². The first kappa shape index (κ1) is 15.1. The lowest BCUT2D eigenvalue weighted by molar-refractivity contribution is -0.337. The Hall–Kier alpha value is -0.770. The molecule has 0 amide bonds. The predicted octanol–water partition coefficient (Wildman–Crippen LogP) is -0.472. The normalized spacial score (nSPS) is 45.8. The third-order valence-corrected chi connectivity index (χ3v) is 3.74. The maximum absolute atomic E-state index is 11.7. The van der Waals surface area contributed by atoms with Gasteiger partial charge < -0.3 is 33.5 Å². The van der Waals surface area contributed by atoms with Crippen molar-refractivity contribution in [3.63, 3.8) is 0 Å². The summed E-state index contributed by atoms with van der Waals surface area (Å²) in [6, 6.07) is 0. The van der Waals surface area contributed by atoms with E-state index in [9.17, 15) is 9.90 Å². The molecule has 0 aromatic rings. The minimum Gasteiger partial charge on any atom is -0.462 e. The molecule has 3 fully saturated rings. The quantitative estimate of drug-likeness (QED) is 0.700. The van der Waals surface area contributed by atoms with Gasteiger partial charge in [0.05, 0.1) is 13.2 Å². The summed E-state index contributed by atoms with van der Waals surface area (Å²) in [6.45, 7) is 4.16. The Morgan fingerprint density at radius 1 is 1.14 bits per heavy atom. The van der Waals surface area contributed by atoms with Crippen molar-refractivity contribution >= 4 is 5.97 Å². The number of fused-ring (bicyclic) bond motifs is 3. The molecule has 0 aromatic carbocycles. The topological polar surface area (TPSA) is 92.7 Å². The maximum atomic E-state index is 11.7. The standard InChI is InChI=1S/C13H20O8/c1-3-7-17-5-6-8(19-7)9-10(11(14)18-6)21-13(20-9)12(15)16-4-2/h6-11,13-14H,3-5H2,1-2H3. The summed E-state index contributed by atoms with van der Waals surface area (Å²) in [7, 11) is 0. The second kappa shape index (κ2) is 6.15. The summed E-state index contributed by atoms with van der Waals surface area (Å²) >= 11 is 0. The van der Waals surface area contributed by atoms with Crippen molar-refractivity contribution in [2.45, 2.75) is 63.6 Å². The number of esters is 1. The lowest BCUT2D eigenvalue weighted by Crippen LogP contribution is -2.61. The fourth-order valence-corrected chi connectivity index (χ4v) is 2.76. The second-order valence-electron chi connectivity index (χ2n) is 5.12. The molecule has 0 aliphatic carbocycles. The summed E-state index contributed by atoms with van der Waals surface area (Å²) in [5, 5.41) is 9.98. The lowest BCUT2D eigenvalue weighted by atomic mass is 9.98.